The molecule has 0 spiro atoms. The summed E-state index contributed by atoms with van der Waals surface area (Å²) in [4.78, 5) is 0. The average molecular weight is 208 g/mol. The summed E-state index contributed by atoms with van der Waals surface area (Å²) in [7, 11) is 0. The van der Waals surface area contributed by atoms with Crippen LogP contribution in [0.2, 0.25) is 0 Å². The SMILES string of the molecule is CCCn1nncc1C1=CC(O)CNC1. The third-order valence-corrected chi connectivity index (χ3v) is 2.44. The Kier molecular flexibility index (Phi) is 3.13. The highest BCUT2D eigenvalue weighted by Gasteiger charge is 2.15. The van der Waals surface area contributed by atoms with E-state index in [1.54, 1.807) is 6.20 Å². The number of nitrogens with zero attached hydrogens (tertiary/aromatic N) is 3. The summed E-state index contributed by atoms with van der Waals surface area (Å²) in [6, 6.07) is 0. The smallest absolute Gasteiger partial charge is 0.0855 e. The molecule has 2 rings (SSSR count). The van der Waals surface area contributed by atoms with E-state index in [9.17, 15) is 5.11 Å². The van der Waals surface area contributed by atoms with Crippen LogP contribution in [0.1, 0.15) is 19.0 Å². The minimum absolute atomic E-state index is 0.404. The predicted octanol–water partition coefficient (Wildman–Crippen LogP) is 0.0356. The van der Waals surface area contributed by atoms with Crippen molar-refractivity contribution in [3.63, 3.8) is 0 Å². The second kappa shape index (κ2) is 4.55. The first-order valence-corrected chi connectivity index (χ1v) is 5.29. The molecule has 0 aliphatic carbocycles. The molecule has 1 atom stereocenters. The zero-order valence-electron chi connectivity index (χ0n) is 8.85. The maximum absolute atomic E-state index is 9.51. The second-order valence-electron chi connectivity index (χ2n) is 3.73. The number of nitrogens with one attached hydrogen (secondary N) is 1. The molecule has 15 heavy (non-hydrogen) atoms. The van der Waals surface area contributed by atoms with Gasteiger partial charge in [0.15, 0.2) is 0 Å². The Bertz CT molecular complexity index is 358. The molecule has 1 aliphatic rings. The van der Waals surface area contributed by atoms with E-state index in [0.717, 1.165) is 30.8 Å². The number of hydrogen-bond donors (Lipinski definition) is 2. The van der Waals surface area contributed by atoms with Crippen molar-refractivity contribution in [1.82, 2.24) is 20.3 Å². The summed E-state index contributed by atoms with van der Waals surface area (Å²) >= 11 is 0. The molecule has 82 valence electrons. The van der Waals surface area contributed by atoms with Gasteiger partial charge in [0.05, 0.1) is 18.0 Å². The molecule has 2 N–H and O–H groups in total. The molecule has 0 saturated heterocycles. The molecule has 2 heterocycles. The van der Waals surface area contributed by atoms with Gasteiger partial charge in [-0.05, 0) is 18.1 Å². The van der Waals surface area contributed by atoms with Crippen molar-refractivity contribution in [2.45, 2.75) is 26.0 Å². The Labute approximate surface area is 88.8 Å². The first kappa shape index (κ1) is 10.3. The maximum atomic E-state index is 9.51. The van der Waals surface area contributed by atoms with Crippen LogP contribution < -0.4 is 5.32 Å². The lowest BCUT2D eigenvalue weighted by Gasteiger charge is -2.18. The molecule has 0 aromatic carbocycles. The highest BCUT2D eigenvalue weighted by molar-refractivity contribution is 5.65. The van der Waals surface area contributed by atoms with E-state index in [1.165, 1.54) is 0 Å². The summed E-state index contributed by atoms with van der Waals surface area (Å²) in [5, 5.41) is 20.6. The minimum Gasteiger partial charge on any atom is -0.388 e. The molecule has 5 nitrogen and oxygen atoms in total. The Balaban J connectivity index is 2.24. The standard InChI is InChI=1S/C10H16N4O/c1-2-3-14-10(7-12-13-14)8-4-9(15)6-11-5-8/h4,7,9,11,15H,2-3,5-6H2,1H3. The van der Waals surface area contributed by atoms with Crippen LogP contribution in [0.4, 0.5) is 0 Å². The fourth-order valence-electron chi connectivity index (χ4n) is 1.76. The summed E-state index contributed by atoms with van der Waals surface area (Å²) in [6.45, 7) is 4.36. The van der Waals surface area contributed by atoms with Crippen molar-refractivity contribution in [3.05, 3.63) is 18.0 Å². The third kappa shape index (κ3) is 2.24. The molecular weight excluding hydrogens is 192 g/mol. The van der Waals surface area contributed by atoms with Crippen LogP contribution in [-0.4, -0.2) is 39.3 Å². The number of aliphatic hydroxyl groups excluding tert-OH is 1. The van der Waals surface area contributed by atoms with Crippen LogP contribution in [0.5, 0.6) is 0 Å². The van der Waals surface area contributed by atoms with Crippen molar-refractivity contribution < 1.29 is 5.11 Å². The average Bonchev–Trinajstić information content (AvgIpc) is 2.66. The van der Waals surface area contributed by atoms with Gasteiger partial charge >= 0.3 is 0 Å². The number of β-amino-alcohol motifs (C(OH)–C–C–N with tert-alkyl or cyclic N) is 1. The molecule has 1 aliphatic heterocycles. The summed E-state index contributed by atoms with van der Waals surface area (Å²) in [5.41, 5.74) is 2.08. The van der Waals surface area contributed by atoms with Crippen LogP contribution in [-0.2, 0) is 6.54 Å². The van der Waals surface area contributed by atoms with E-state index in [2.05, 4.69) is 22.6 Å². The van der Waals surface area contributed by atoms with Gasteiger partial charge in [-0.3, -0.25) is 0 Å². The molecule has 1 aromatic heterocycles. The third-order valence-electron chi connectivity index (χ3n) is 2.44. The van der Waals surface area contributed by atoms with Gasteiger partial charge in [-0.25, -0.2) is 4.68 Å². The van der Waals surface area contributed by atoms with Gasteiger partial charge < -0.3 is 10.4 Å². The Morgan fingerprint density at radius 3 is 3.27 bits per heavy atom. The number of rotatable bonds is 3. The molecule has 0 saturated carbocycles. The molecule has 0 amide bonds. The van der Waals surface area contributed by atoms with Gasteiger partial charge in [-0.1, -0.05) is 12.1 Å². The fourth-order valence-corrected chi connectivity index (χ4v) is 1.76. The lowest BCUT2D eigenvalue weighted by molar-refractivity contribution is 0.216. The first-order valence-electron chi connectivity index (χ1n) is 5.29. The Morgan fingerprint density at radius 2 is 2.53 bits per heavy atom. The largest absolute Gasteiger partial charge is 0.388 e. The summed E-state index contributed by atoms with van der Waals surface area (Å²) in [6.07, 6.45) is 4.25. The van der Waals surface area contributed by atoms with Gasteiger partial charge in [0.25, 0.3) is 0 Å². The van der Waals surface area contributed by atoms with Crippen molar-refractivity contribution in [2.75, 3.05) is 13.1 Å². The van der Waals surface area contributed by atoms with E-state index < -0.39 is 6.10 Å². The van der Waals surface area contributed by atoms with Crippen LogP contribution in [0.15, 0.2) is 12.3 Å². The Morgan fingerprint density at radius 1 is 1.67 bits per heavy atom. The summed E-state index contributed by atoms with van der Waals surface area (Å²) < 4.78 is 1.88. The van der Waals surface area contributed by atoms with Crippen LogP contribution >= 0.6 is 0 Å². The number of aryl methyl sites for hydroxylation is 1. The zero-order chi connectivity index (χ0) is 10.7. The van der Waals surface area contributed by atoms with E-state index in [4.69, 9.17) is 0 Å². The highest BCUT2D eigenvalue weighted by Crippen LogP contribution is 2.15. The zero-order valence-corrected chi connectivity index (χ0v) is 8.85. The van der Waals surface area contributed by atoms with Crippen LogP contribution in [0, 0.1) is 0 Å². The van der Waals surface area contributed by atoms with Gasteiger partial charge in [0.1, 0.15) is 0 Å². The van der Waals surface area contributed by atoms with E-state index in [-0.39, 0.29) is 0 Å². The molecule has 0 fully saturated rings. The molecular formula is C10H16N4O. The van der Waals surface area contributed by atoms with Crippen molar-refractivity contribution in [2.24, 2.45) is 0 Å². The van der Waals surface area contributed by atoms with E-state index in [0.29, 0.717) is 6.54 Å². The fraction of sp³-hybridized carbons (Fsp3) is 0.600. The predicted molar refractivity (Wildman–Crippen MR) is 57.2 cm³/mol. The number of aromatic nitrogens is 3. The van der Waals surface area contributed by atoms with Gasteiger partial charge in [-0.15, -0.1) is 5.10 Å². The van der Waals surface area contributed by atoms with Gasteiger partial charge in [0, 0.05) is 19.6 Å². The first-order chi connectivity index (χ1) is 7.31. The maximum Gasteiger partial charge on any atom is 0.0855 e. The topological polar surface area (TPSA) is 63.0 Å². The van der Waals surface area contributed by atoms with E-state index >= 15 is 0 Å². The quantitative estimate of drug-likeness (QED) is 0.736. The van der Waals surface area contributed by atoms with Crippen molar-refractivity contribution in [3.8, 4) is 0 Å². The lowest BCUT2D eigenvalue weighted by Crippen LogP contribution is -2.32. The minimum atomic E-state index is -0.404. The van der Waals surface area contributed by atoms with Crippen LogP contribution in [0.25, 0.3) is 5.57 Å². The molecule has 0 bridgehead atoms. The lowest BCUT2D eigenvalue weighted by atomic mass is 10.1. The van der Waals surface area contributed by atoms with Gasteiger partial charge in [-0.2, -0.15) is 0 Å². The molecule has 0 radical (unpaired) electrons. The highest BCUT2D eigenvalue weighted by atomic mass is 16.3. The molecule has 1 unspecified atom stereocenters. The molecule has 1 aromatic rings. The normalized spacial score (nSPS) is 21.5. The van der Waals surface area contributed by atoms with Gasteiger partial charge in [0.2, 0.25) is 0 Å². The van der Waals surface area contributed by atoms with Crippen molar-refractivity contribution in [1.29, 1.82) is 0 Å². The number of aliphatic hydroxyl groups is 1. The van der Waals surface area contributed by atoms with Crippen molar-refractivity contribution >= 4 is 5.57 Å². The Hall–Kier alpha value is -1.20. The second-order valence-corrected chi connectivity index (χ2v) is 3.73. The van der Waals surface area contributed by atoms with Crippen LogP contribution in [0.3, 0.4) is 0 Å². The summed E-state index contributed by atoms with van der Waals surface area (Å²) in [5.74, 6) is 0. The molecule has 5 heteroatoms. The monoisotopic (exact) mass is 208 g/mol. The van der Waals surface area contributed by atoms with E-state index in [1.807, 2.05) is 10.8 Å². The number of hydrogen-bond acceptors (Lipinski definition) is 4.